The van der Waals surface area contributed by atoms with Crippen molar-refractivity contribution in [2.45, 2.75) is 45.3 Å². The van der Waals surface area contributed by atoms with Crippen molar-refractivity contribution in [1.82, 2.24) is 10.6 Å². The predicted molar refractivity (Wildman–Crippen MR) is 125 cm³/mol. The van der Waals surface area contributed by atoms with Crippen molar-refractivity contribution >= 4 is 23.5 Å². The molecule has 0 spiro atoms. The number of carbonyl (C=O) groups is 2. The number of amides is 1. The third kappa shape index (κ3) is 5.25. The van der Waals surface area contributed by atoms with E-state index in [1.165, 1.54) is 6.92 Å². The summed E-state index contributed by atoms with van der Waals surface area (Å²) >= 11 is 6.42. The molecule has 2 aromatic carbocycles. The largest absolute Gasteiger partial charge is 0.495 e. The van der Waals surface area contributed by atoms with Gasteiger partial charge >= 0.3 is 5.97 Å². The van der Waals surface area contributed by atoms with Gasteiger partial charge in [0.15, 0.2) is 5.60 Å². The van der Waals surface area contributed by atoms with Gasteiger partial charge in [0, 0.05) is 24.6 Å². The number of nitrogens with one attached hydrogen (secondary N) is 2. The second kappa shape index (κ2) is 10.4. The summed E-state index contributed by atoms with van der Waals surface area (Å²) in [5, 5.41) is 6.69. The molecule has 0 saturated carbocycles. The molecule has 7 heteroatoms. The predicted octanol–water partition coefficient (Wildman–Crippen LogP) is 3.83. The third-order valence-corrected chi connectivity index (χ3v) is 5.94. The molecule has 172 valence electrons. The molecule has 0 bridgehead atoms. The number of halogens is 1. The summed E-state index contributed by atoms with van der Waals surface area (Å²) < 4.78 is 11.8. The van der Waals surface area contributed by atoms with Gasteiger partial charge < -0.3 is 20.1 Å². The highest BCUT2D eigenvalue weighted by atomic mass is 35.5. The van der Waals surface area contributed by atoms with Gasteiger partial charge in [-0.3, -0.25) is 4.79 Å². The number of ether oxygens (including phenoxy) is 2. The molecular weight excluding hydrogens is 428 g/mol. The van der Waals surface area contributed by atoms with Crippen LogP contribution < -0.4 is 15.4 Å². The molecule has 0 aromatic heterocycles. The zero-order valence-electron chi connectivity index (χ0n) is 19.0. The number of hydrogen-bond donors (Lipinski definition) is 2. The maximum Gasteiger partial charge on any atom is 0.329 e. The van der Waals surface area contributed by atoms with Gasteiger partial charge in [0.2, 0.25) is 5.91 Å². The van der Waals surface area contributed by atoms with E-state index in [0.29, 0.717) is 30.3 Å². The van der Waals surface area contributed by atoms with E-state index in [2.05, 4.69) is 10.6 Å². The van der Waals surface area contributed by atoms with Crippen molar-refractivity contribution in [3.05, 3.63) is 64.2 Å². The molecular formula is C25H31ClN2O4. The third-order valence-electron chi connectivity index (χ3n) is 5.64. The Hall–Kier alpha value is -2.57. The molecule has 2 N–H and O–H groups in total. The first-order valence-electron chi connectivity index (χ1n) is 10.9. The smallest absolute Gasteiger partial charge is 0.329 e. The van der Waals surface area contributed by atoms with Gasteiger partial charge in [-0.15, -0.1) is 0 Å². The monoisotopic (exact) mass is 458 g/mol. The van der Waals surface area contributed by atoms with E-state index >= 15 is 0 Å². The minimum atomic E-state index is -1.10. The normalized spacial score (nSPS) is 18.9. The quantitative estimate of drug-likeness (QED) is 0.616. The Morgan fingerprint density at radius 1 is 1.22 bits per heavy atom. The number of benzene rings is 2. The van der Waals surface area contributed by atoms with Gasteiger partial charge in [0.25, 0.3) is 0 Å². The van der Waals surface area contributed by atoms with Gasteiger partial charge in [-0.2, -0.15) is 0 Å². The van der Waals surface area contributed by atoms with Crippen molar-refractivity contribution in [2.75, 3.05) is 20.2 Å². The number of fused-ring (bicyclic) bond motifs is 1. The van der Waals surface area contributed by atoms with Gasteiger partial charge in [0.1, 0.15) is 11.8 Å². The molecule has 2 aromatic rings. The molecule has 1 aliphatic heterocycles. The van der Waals surface area contributed by atoms with E-state index in [9.17, 15) is 9.59 Å². The maximum atomic E-state index is 13.5. The Morgan fingerprint density at radius 2 is 1.94 bits per heavy atom. The molecule has 0 fully saturated rings. The van der Waals surface area contributed by atoms with E-state index in [1.54, 1.807) is 7.11 Å². The Bertz CT molecular complexity index is 964. The van der Waals surface area contributed by atoms with Crippen molar-refractivity contribution in [3.8, 4) is 5.75 Å². The number of hydrogen-bond acceptors (Lipinski definition) is 5. The van der Waals surface area contributed by atoms with Crippen LogP contribution in [-0.4, -0.2) is 38.1 Å². The molecule has 6 nitrogen and oxygen atoms in total. The number of esters is 1. The van der Waals surface area contributed by atoms with Crippen LogP contribution in [0.1, 0.15) is 43.9 Å². The standard InChI is InChI=1S/C25H31ClN2O4/c1-16(2)12-22(28-17(3)29)24(30)32-25(19-8-6-5-7-9-19)15-27-11-10-18-13-21(26)23(31-4)14-20(18)25/h5-9,13-14,16,22,27H,10-12,15H2,1-4H3,(H,28,29)/t22-,25-/m1/s1. The van der Waals surface area contributed by atoms with Gasteiger partial charge in [-0.25, -0.2) is 4.79 Å². The lowest BCUT2D eigenvalue weighted by atomic mass is 9.83. The number of carbonyl (C=O) groups excluding carboxylic acids is 2. The lowest BCUT2D eigenvalue weighted by Crippen LogP contribution is -2.48. The van der Waals surface area contributed by atoms with Gasteiger partial charge in [0.05, 0.1) is 12.1 Å². The molecule has 1 amide bonds. The van der Waals surface area contributed by atoms with Crippen molar-refractivity contribution in [3.63, 3.8) is 0 Å². The van der Waals surface area contributed by atoms with Crippen LogP contribution in [-0.2, 0) is 26.3 Å². The molecule has 1 heterocycles. The Labute approximate surface area is 194 Å². The van der Waals surface area contributed by atoms with Crippen molar-refractivity contribution < 1.29 is 19.1 Å². The fourth-order valence-corrected chi connectivity index (χ4v) is 4.47. The average Bonchev–Trinajstić information content (AvgIpc) is 2.92. The lowest BCUT2D eigenvalue weighted by molar-refractivity contribution is -0.160. The summed E-state index contributed by atoms with van der Waals surface area (Å²) in [7, 11) is 1.56. The highest BCUT2D eigenvalue weighted by Gasteiger charge is 2.43. The van der Waals surface area contributed by atoms with Crippen molar-refractivity contribution in [2.24, 2.45) is 5.92 Å². The summed E-state index contributed by atoms with van der Waals surface area (Å²) in [6.07, 6.45) is 1.21. The first-order valence-corrected chi connectivity index (χ1v) is 11.3. The molecule has 3 rings (SSSR count). The second-order valence-electron chi connectivity index (χ2n) is 8.57. The summed E-state index contributed by atoms with van der Waals surface area (Å²) in [6.45, 7) is 6.51. The highest BCUT2D eigenvalue weighted by Crippen LogP contribution is 2.41. The molecule has 0 radical (unpaired) electrons. The van der Waals surface area contributed by atoms with Crippen LogP contribution in [0.5, 0.6) is 5.75 Å². The van der Waals surface area contributed by atoms with Gasteiger partial charge in [-0.1, -0.05) is 55.8 Å². The molecule has 0 aliphatic carbocycles. The zero-order valence-corrected chi connectivity index (χ0v) is 19.8. The molecule has 2 atom stereocenters. The first kappa shape index (κ1) is 24.1. The summed E-state index contributed by atoms with van der Waals surface area (Å²) in [5.41, 5.74) is 1.54. The highest BCUT2D eigenvalue weighted by molar-refractivity contribution is 6.32. The Morgan fingerprint density at radius 3 is 2.56 bits per heavy atom. The van der Waals surface area contributed by atoms with Crippen LogP contribution in [0.15, 0.2) is 42.5 Å². The van der Waals surface area contributed by atoms with E-state index in [1.807, 2.05) is 56.3 Å². The number of rotatable bonds is 7. The summed E-state index contributed by atoms with van der Waals surface area (Å²) in [6, 6.07) is 12.7. The topological polar surface area (TPSA) is 76.7 Å². The first-order chi connectivity index (χ1) is 15.3. The van der Waals surface area contributed by atoms with Gasteiger partial charge in [-0.05, 0) is 43.0 Å². The fourth-order valence-electron chi connectivity index (χ4n) is 4.21. The van der Waals surface area contributed by atoms with Crippen LogP contribution in [0.3, 0.4) is 0 Å². The van der Waals surface area contributed by atoms with Crippen LogP contribution in [0.4, 0.5) is 0 Å². The average molecular weight is 459 g/mol. The molecule has 0 unspecified atom stereocenters. The number of methoxy groups -OCH3 is 1. The van der Waals surface area contributed by atoms with Crippen LogP contribution >= 0.6 is 11.6 Å². The summed E-state index contributed by atoms with van der Waals surface area (Å²) in [5.74, 6) is -0.0229. The molecule has 0 saturated heterocycles. The fraction of sp³-hybridized carbons (Fsp3) is 0.440. The minimum absolute atomic E-state index is 0.200. The van der Waals surface area contributed by atoms with Crippen molar-refractivity contribution in [1.29, 1.82) is 0 Å². The maximum absolute atomic E-state index is 13.5. The second-order valence-corrected chi connectivity index (χ2v) is 8.97. The minimum Gasteiger partial charge on any atom is -0.495 e. The van der Waals surface area contributed by atoms with E-state index in [0.717, 1.165) is 23.1 Å². The van der Waals surface area contributed by atoms with Crippen LogP contribution in [0, 0.1) is 5.92 Å². The molecule has 32 heavy (non-hydrogen) atoms. The SMILES string of the molecule is COc1cc2c(cc1Cl)CCNC[C@@]2(OC(=O)[C@@H](CC(C)C)NC(C)=O)c1ccccc1. The van der Waals surface area contributed by atoms with E-state index in [4.69, 9.17) is 21.1 Å². The van der Waals surface area contributed by atoms with Crippen LogP contribution in [0.25, 0.3) is 0 Å². The Kier molecular flexibility index (Phi) is 7.80. The lowest BCUT2D eigenvalue weighted by Gasteiger charge is -2.36. The summed E-state index contributed by atoms with van der Waals surface area (Å²) in [4.78, 5) is 25.3. The van der Waals surface area contributed by atoms with E-state index < -0.39 is 17.6 Å². The zero-order chi connectivity index (χ0) is 23.3. The Balaban J connectivity index is 2.15. The van der Waals surface area contributed by atoms with Crippen LogP contribution in [0.2, 0.25) is 5.02 Å². The van der Waals surface area contributed by atoms with E-state index in [-0.39, 0.29) is 11.8 Å². The molecule has 1 aliphatic rings.